The lowest BCUT2D eigenvalue weighted by atomic mass is 9.98. The third-order valence-corrected chi connectivity index (χ3v) is 4.07. The van der Waals surface area contributed by atoms with Gasteiger partial charge in [0.05, 0.1) is 0 Å². The summed E-state index contributed by atoms with van der Waals surface area (Å²) in [4.78, 5) is 0. The van der Waals surface area contributed by atoms with Crippen molar-refractivity contribution in [1.29, 1.82) is 0 Å². The molecule has 0 amide bonds. The van der Waals surface area contributed by atoms with Crippen LogP contribution in [0.2, 0.25) is 0 Å². The quantitative estimate of drug-likeness (QED) is 0.799. The molecule has 0 radical (unpaired) electrons. The van der Waals surface area contributed by atoms with Crippen molar-refractivity contribution in [2.75, 3.05) is 6.54 Å². The lowest BCUT2D eigenvalue weighted by Gasteiger charge is -2.19. The van der Waals surface area contributed by atoms with E-state index in [0.29, 0.717) is 6.42 Å². The highest BCUT2D eigenvalue weighted by Gasteiger charge is 2.12. The Labute approximate surface area is 134 Å². The van der Waals surface area contributed by atoms with Gasteiger partial charge in [0.1, 0.15) is 5.82 Å². The minimum absolute atomic E-state index is 0.142. The number of halogens is 2. The van der Waals surface area contributed by atoms with E-state index in [1.165, 1.54) is 17.2 Å². The molecule has 2 aromatic rings. The van der Waals surface area contributed by atoms with Crippen molar-refractivity contribution in [3.05, 3.63) is 69.4 Å². The van der Waals surface area contributed by atoms with Gasteiger partial charge in [0.15, 0.2) is 0 Å². The lowest BCUT2D eigenvalue weighted by Crippen LogP contribution is -2.33. The second-order valence-corrected chi connectivity index (χ2v) is 6.30. The molecule has 1 N–H and O–H groups in total. The SMILES string of the molecule is CCNC(Cc1ccc(C)cc1)Cc1ccc(Br)cc1F. The van der Waals surface area contributed by atoms with Gasteiger partial charge >= 0.3 is 0 Å². The number of rotatable bonds is 6. The number of hydrogen-bond donors (Lipinski definition) is 1. The fourth-order valence-electron chi connectivity index (χ4n) is 2.47. The Morgan fingerprint density at radius 1 is 1.10 bits per heavy atom. The highest BCUT2D eigenvalue weighted by molar-refractivity contribution is 9.10. The Bertz CT molecular complexity index is 580. The smallest absolute Gasteiger partial charge is 0.127 e. The fourth-order valence-corrected chi connectivity index (χ4v) is 2.80. The van der Waals surface area contributed by atoms with Crippen LogP contribution in [0.1, 0.15) is 23.6 Å². The van der Waals surface area contributed by atoms with Gasteiger partial charge in [-0.2, -0.15) is 0 Å². The minimum atomic E-state index is -0.142. The highest BCUT2D eigenvalue weighted by atomic mass is 79.9. The van der Waals surface area contributed by atoms with Gasteiger partial charge in [0, 0.05) is 10.5 Å². The van der Waals surface area contributed by atoms with Gasteiger partial charge in [0.25, 0.3) is 0 Å². The molecule has 112 valence electrons. The van der Waals surface area contributed by atoms with Crippen LogP contribution >= 0.6 is 15.9 Å². The van der Waals surface area contributed by atoms with Gasteiger partial charge in [-0.1, -0.05) is 58.7 Å². The summed E-state index contributed by atoms with van der Waals surface area (Å²) < 4.78 is 14.8. The van der Waals surface area contributed by atoms with E-state index >= 15 is 0 Å². The van der Waals surface area contributed by atoms with Crippen molar-refractivity contribution in [2.45, 2.75) is 32.7 Å². The van der Waals surface area contributed by atoms with E-state index in [9.17, 15) is 4.39 Å². The number of likely N-dealkylation sites (N-methyl/N-ethyl adjacent to an activating group) is 1. The molecular weight excluding hydrogens is 329 g/mol. The monoisotopic (exact) mass is 349 g/mol. The standard InChI is InChI=1S/C18H21BrFN/c1-3-21-17(10-14-6-4-13(2)5-7-14)11-15-8-9-16(19)12-18(15)20/h4-9,12,17,21H,3,10-11H2,1-2H3. The van der Waals surface area contributed by atoms with Crippen molar-refractivity contribution in [3.63, 3.8) is 0 Å². The zero-order chi connectivity index (χ0) is 15.2. The van der Waals surface area contributed by atoms with E-state index in [1.54, 1.807) is 0 Å². The molecule has 1 unspecified atom stereocenters. The molecule has 0 aliphatic carbocycles. The third kappa shape index (κ3) is 4.94. The van der Waals surface area contributed by atoms with Gasteiger partial charge < -0.3 is 5.32 Å². The van der Waals surface area contributed by atoms with Crippen LogP contribution in [0.25, 0.3) is 0 Å². The molecule has 0 aliphatic heterocycles. The molecule has 2 aromatic carbocycles. The average molecular weight is 350 g/mol. The van der Waals surface area contributed by atoms with Crippen LogP contribution in [-0.4, -0.2) is 12.6 Å². The molecule has 0 fully saturated rings. The van der Waals surface area contributed by atoms with E-state index in [4.69, 9.17) is 0 Å². The van der Waals surface area contributed by atoms with Gasteiger partial charge in [-0.25, -0.2) is 4.39 Å². The van der Waals surface area contributed by atoms with Crippen molar-refractivity contribution in [3.8, 4) is 0 Å². The van der Waals surface area contributed by atoms with Gasteiger partial charge in [0.2, 0.25) is 0 Å². The van der Waals surface area contributed by atoms with Crippen LogP contribution in [0.4, 0.5) is 4.39 Å². The van der Waals surface area contributed by atoms with E-state index in [2.05, 4.69) is 59.4 Å². The molecular formula is C18H21BrFN. The Hall–Kier alpha value is -1.19. The number of nitrogens with one attached hydrogen (secondary N) is 1. The van der Waals surface area contributed by atoms with Crippen LogP contribution in [0.15, 0.2) is 46.9 Å². The maximum atomic E-state index is 14.0. The zero-order valence-electron chi connectivity index (χ0n) is 12.5. The zero-order valence-corrected chi connectivity index (χ0v) is 14.1. The Kier molecular flexibility index (Phi) is 5.95. The molecule has 1 atom stereocenters. The first-order valence-corrected chi connectivity index (χ1v) is 8.10. The normalized spacial score (nSPS) is 12.4. The van der Waals surface area contributed by atoms with E-state index in [0.717, 1.165) is 23.0 Å². The lowest BCUT2D eigenvalue weighted by molar-refractivity contribution is 0.505. The van der Waals surface area contributed by atoms with Gasteiger partial charge in [-0.05, 0) is 49.6 Å². The summed E-state index contributed by atoms with van der Waals surface area (Å²) in [7, 11) is 0. The number of benzene rings is 2. The molecule has 0 bridgehead atoms. The Balaban J connectivity index is 2.09. The van der Waals surface area contributed by atoms with Crippen molar-refractivity contribution in [2.24, 2.45) is 0 Å². The number of aryl methyl sites for hydroxylation is 1. The van der Waals surface area contributed by atoms with Crippen molar-refractivity contribution < 1.29 is 4.39 Å². The molecule has 2 rings (SSSR count). The Morgan fingerprint density at radius 3 is 2.43 bits per heavy atom. The second-order valence-electron chi connectivity index (χ2n) is 5.38. The first kappa shape index (κ1) is 16.2. The van der Waals surface area contributed by atoms with Gasteiger partial charge in [-0.3, -0.25) is 0 Å². The van der Waals surface area contributed by atoms with E-state index < -0.39 is 0 Å². The summed E-state index contributed by atoms with van der Waals surface area (Å²) in [5.41, 5.74) is 3.30. The number of hydrogen-bond acceptors (Lipinski definition) is 1. The summed E-state index contributed by atoms with van der Waals surface area (Å²) >= 11 is 3.30. The largest absolute Gasteiger partial charge is 0.314 e. The van der Waals surface area contributed by atoms with Gasteiger partial charge in [-0.15, -0.1) is 0 Å². The average Bonchev–Trinajstić information content (AvgIpc) is 2.44. The molecule has 1 nitrogen and oxygen atoms in total. The predicted octanol–water partition coefficient (Wildman–Crippen LogP) is 4.66. The first-order chi connectivity index (χ1) is 10.1. The predicted molar refractivity (Wildman–Crippen MR) is 90.2 cm³/mol. The molecule has 0 saturated heterocycles. The summed E-state index contributed by atoms with van der Waals surface area (Å²) in [6.45, 7) is 5.05. The summed E-state index contributed by atoms with van der Waals surface area (Å²) in [6.07, 6.45) is 1.60. The van der Waals surface area contributed by atoms with Crippen LogP contribution in [0.5, 0.6) is 0 Å². The molecule has 0 heterocycles. The van der Waals surface area contributed by atoms with Crippen molar-refractivity contribution in [1.82, 2.24) is 5.32 Å². The van der Waals surface area contributed by atoms with Crippen molar-refractivity contribution >= 4 is 15.9 Å². The molecule has 0 aliphatic rings. The minimum Gasteiger partial charge on any atom is -0.314 e. The first-order valence-electron chi connectivity index (χ1n) is 7.31. The molecule has 0 saturated carbocycles. The summed E-state index contributed by atoms with van der Waals surface area (Å²) in [5.74, 6) is -0.142. The van der Waals surface area contributed by atoms with Crippen LogP contribution in [0.3, 0.4) is 0 Å². The van der Waals surface area contributed by atoms with Crippen LogP contribution < -0.4 is 5.32 Å². The summed E-state index contributed by atoms with van der Waals surface area (Å²) in [6, 6.07) is 14.1. The molecule has 21 heavy (non-hydrogen) atoms. The van der Waals surface area contributed by atoms with E-state index in [1.807, 2.05) is 12.1 Å². The molecule has 0 aromatic heterocycles. The Morgan fingerprint density at radius 2 is 1.81 bits per heavy atom. The van der Waals surface area contributed by atoms with Crippen LogP contribution in [0, 0.1) is 12.7 Å². The third-order valence-electron chi connectivity index (χ3n) is 3.58. The topological polar surface area (TPSA) is 12.0 Å². The maximum absolute atomic E-state index is 14.0. The van der Waals surface area contributed by atoms with Crippen LogP contribution in [-0.2, 0) is 12.8 Å². The fraction of sp³-hybridized carbons (Fsp3) is 0.333. The second kappa shape index (κ2) is 7.71. The molecule has 0 spiro atoms. The maximum Gasteiger partial charge on any atom is 0.127 e. The molecule has 3 heteroatoms. The van der Waals surface area contributed by atoms with E-state index in [-0.39, 0.29) is 11.9 Å². The highest BCUT2D eigenvalue weighted by Crippen LogP contribution is 2.18. The summed E-state index contributed by atoms with van der Waals surface area (Å²) in [5, 5.41) is 3.46.